The van der Waals surface area contributed by atoms with Crippen LogP contribution in [0.2, 0.25) is 0 Å². The van der Waals surface area contributed by atoms with Crippen molar-refractivity contribution in [2.45, 2.75) is 17.9 Å². The molecule has 0 saturated heterocycles. The van der Waals surface area contributed by atoms with E-state index in [0.717, 1.165) is 20.7 Å². The van der Waals surface area contributed by atoms with Gasteiger partial charge in [0.1, 0.15) is 0 Å². The third kappa shape index (κ3) is 4.35. The van der Waals surface area contributed by atoms with E-state index in [0.29, 0.717) is 10.4 Å². The van der Waals surface area contributed by atoms with Crippen LogP contribution in [0, 0.1) is 12.3 Å². The molecule has 0 atom stereocenters. The second-order valence-corrected chi connectivity index (χ2v) is 7.77. The Morgan fingerprint density at radius 3 is 2.64 bits per heavy atom. The zero-order valence-corrected chi connectivity index (χ0v) is 17.1. The summed E-state index contributed by atoms with van der Waals surface area (Å²) in [5, 5.41) is 0. The predicted molar refractivity (Wildman–Crippen MR) is 112 cm³/mol. The van der Waals surface area contributed by atoms with E-state index in [1.165, 1.54) is 18.4 Å². The minimum atomic E-state index is -0.415. The quantitative estimate of drug-likeness (QED) is 0.367. The molecule has 3 aromatic rings. The Labute approximate surface area is 171 Å². The number of benzene rings is 2. The summed E-state index contributed by atoms with van der Waals surface area (Å²) in [5.74, 6) is 1.93. The molecule has 1 heterocycles. The van der Waals surface area contributed by atoms with Crippen molar-refractivity contribution < 1.29 is 14.3 Å². The molecule has 0 aliphatic heterocycles. The highest BCUT2D eigenvalue weighted by molar-refractivity contribution is 7.98. The molecule has 0 aliphatic rings. The summed E-state index contributed by atoms with van der Waals surface area (Å²) in [5.41, 5.74) is 2.17. The fourth-order valence-electron chi connectivity index (χ4n) is 2.71. The van der Waals surface area contributed by atoms with E-state index < -0.39 is 5.97 Å². The number of esters is 1. The van der Waals surface area contributed by atoms with Gasteiger partial charge in [-0.25, -0.2) is 4.79 Å². The maximum atomic E-state index is 12.5. The highest BCUT2D eigenvalue weighted by Crippen LogP contribution is 2.20. The number of amides is 1. The lowest BCUT2D eigenvalue weighted by atomic mass is 10.1. The van der Waals surface area contributed by atoms with Crippen molar-refractivity contribution in [2.75, 3.05) is 13.4 Å². The summed E-state index contributed by atoms with van der Waals surface area (Å²) in [6.45, 7) is 0.284. The average Bonchev–Trinajstić information content (AvgIpc) is 3.04. The van der Waals surface area contributed by atoms with Gasteiger partial charge in [-0.1, -0.05) is 29.4 Å². The molecule has 0 fully saturated rings. The predicted octanol–water partition coefficient (Wildman–Crippen LogP) is 3.51. The number of ether oxygens (including phenoxy) is 1. The van der Waals surface area contributed by atoms with Gasteiger partial charge in [0.05, 0.1) is 35.9 Å². The second kappa shape index (κ2) is 8.91. The molecule has 5 nitrogen and oxygen atoms in total. The second-order valence-electron chi connectivity index (χ2n) is 5.88. The number of carbonyl (C=O) groups excluding carboxylic acids is 2. The Kier molecular flexibility index (Phi) is 6.34. The smallest absolute Gasteiger partial charge is 0.337 e. The number of thioether (sulfide) groups is 1. The molecule has 1 amide bonds. The van der Waals surface area contributed by atoms with Crippen molar-refractivity contribution in [3.8, 4) is 12.3 Å². The maximum Gasteiger partial charge on any atom is 0.337 e. The van der Waals surface area contributed by atoms with Gasteiger partial charge in [-0.05, 0) is 42.2 Å². The van der Waals surface area contributed by atoms with E-state index in [2.05, 4.69) is 10.9 Å². The third-order valence-corrected chi connectivity index (χ3v) is 5.87. The van der Waals surface area contributed by atoms with Gasteiger partial charge in [0, 0.05) is 4.90 Å². The zero-order chi connectivity index (χ0) is 20.1. The van der Waals surface area contributed by atoms with Crippen LogP contribution >= 0.6 is 23.1 Å². The normalized spacial score (nSPS) is 11.4. The number of thiazole rings is 1. The van der Waals surface area contributed by atoms with Crippen molar-refractivity contribution in [2.24, 2.45) is 4.99 Å². The molecule has 3 rings (SSSR count). The molecule has 142 valence electrons. The third-order valence-electron chi connectivity index (χ3n) is 4.09. The number of carbonyl (C=O) groups is 2. The number of hydrogen-bond donors (Lipinski definition) is 0. The van der Waals surface area contributed by atoms with E-state index in [1.54, 1.807) is 34.5 Å². The molecule has 7 heteroatoms. The largest absolute Gasteiger partial charge is 0.465 e. The highest BCUT2D eigenvalue weighted by Gasteiger charge is 2.12. The first-order valence-electron chi connectivity index (χ1n) is 8.41. The Balaban J connectivity index is 1.97. The van der Waals surface area contributed by atoms with Crippen molar-refractivity contribution in [1.29, 1.82) is 0 Å². The molecule has 28 heavy (non-hydrogen) atoms. The Morgan fingerprint density at radius 1 is 1.25 bits per heavy atom. The summed E-state index contributed by atoms with van der Waals surface area (Å²) >= 11 is 2.97. The van der Waals surface area contributed by atoms with Gasteiger partial charge >= 0.3 is 5.97 Å². The molecule has 1 aromatic heterocycles. The van der Waals surface area contributed by atoms with E-state index in [-0.39, 0.29) is 18.9 Å². The monoisotopic (exact) mass is 410 g/mol. The maximum absolute atomic E-state index is 12.5. The van der Waals surface area contributed by atoms with Crippen molar-refractivity contribution in [3.63, 3.8) is 0 Å². The van der Waals surface area contributed by atoms with Gasteiger partial charge in [0.15, 0.2) is 4.80 Å². The molecule has 0 saturated carbocycles. The van der Waals surface area contributed by atoms with Crippen LogP contribution in [0.1, 0.15) is 15.9 Å². The molecule has 0 N–H and O–H groups in total. The summed E-state index contributed by atoms with van der Waals surface area (Å²) in [4.78, 5) is 30.2. The van der Waals surface area contributed by atoms with Crippen LogP contribution in [-0.2, 0) is 22.5 Å². The summed E-state index contributed by atoms with van der Waals surface area (Å²) in [7, 11) is 1.34. The van der Waals surface area contributed by atoms with Crippen LogP contribution in [0.4, 0.5) is 0 Å². The SMILES string of the molecule is C#CCn1c(=NC(=O)Cc2ccc(SC)cc2)sc2cc(C(=O)OC)ccc21. The van der Waals surface area contributed by atoms with Crippen LogP contribution in [0.5, 0.6) is 0 Å². The summed E-state index contributed by atoms with van der Waals surface area (Å²) in [6, 6.07) is 13.0. The van der Waals surface area contributed by atoms with Crippen LogP contribution in [-0.4, -0.2) is 29.8 Å². The molecule has 2 aromatic carbocycles. The molecule has 0 spiro atoms. The molecule has 0 radical (unpaired) electrons. The van der Waals surface area contributed by atoms with Gasteiger partial charge in [0.25, 0.3) is 5.91 Å². The van der Waals surface area contributed by atoms with E-state index in [1.807, 2.05) is 30.5 Å². The van der Waals surface area contributed by atoms with Crippen molar-refractivity contribution in [1.82, 2.24) is 4.57 Å². The van der Waals surface area contributed by atoms with Crippen molar-refractivity contribution >= 4 is 45.2 Å². The first-order valence-corrected chi connectivity index (χ1v) is 10.5. The lowest BCUT2D eigenvalue weighted by Crippen LogP contribution is -2.17. The van der Waals surface area contributed by atoms with Crippen LogP contribution in [0.15, 0.2) is 52.4 Å². The number of nitrogens with zero attached hydrogens (tertiary/aromatic N) is 2. The van der Waals surface area contributed by atoms with Gasteiger partial charge in [-0.2, -0.15) is 4.99 Å². The number of hydrogen-bond acceptors (Lipinski definition) is 5. The van der Waals surface area contributed by atoms with Crippen LogP contribution in [0.25, 0.3) is 10.2 Å². The Hall–Kier alpha value is -2.82. The van der Waals surface area contributed by atoms with Crippen LogP contribution in [0.3, 0.4) is 0 Å². The Bertz CT molecular complexity index is 1140. The fourth-order valence-corrected chi connectivity index (χ4v) is 4.21. The molecular weight excluding hydrogens is 392 g/mol. The molecule has 0 bridgehead atoms. The average molecular weight is 411 g/mol. The van der Waals surface area contributed by atoms with Crippen LogP contribution < -0.4 is 4.80 Å². The van der Waals surface area contributed by atoms with Crippen molar-refractivity contribution in [3.05, 3.63) is 58.4 Å². The first kappa shape index (κ1) is 19.9. The fraction of sp³-hybridized carbons (Fsp3) is 0.190. The lowest BCUT2D eigenvalue weighted by Gasteiger charge is -2.02. The van der Waals surface area contributed by atoms with E-state index in [4.69, 9.17) is 11.2 Å². The number of fused-ring (bicyclic) bond motifs is 1. The van der Waals surface area contributed by atoms with Gasteiger partial charge < -0.3 is 9.30 Å². The highest BCUT2D eigenvalue weighted by atomic mass is 32.2. The standard InChI is InChI=1S/C21H18N2O3S2/c1-4-11-23-17-10-7-15(20(25)26-2)13-18(17)28-21(23)22-19(24)12-14-5-8-16(27-3)9-6-14/h1,5-10,13H,11-12H2,2-3H3. The summed E-state index contributed by atoms with van der Waals surface area (Å²) < 4.78 is 7.38. The first-order chi connectivity index (χ1) is 13.5. The number of terminal acetylenes is 1. The molecule has 0 unspecified atom stereocenters. The lowest BCUT2D eigenvalue weighted by molar-refractivity contribution is -0.117. The molecule has 0 aliphatic carbocycles. The van der Waals surface area contributed by atoms with Gasteiger partial charge in [0.2, 0.25) is 0 Å². The number of aromatic nitrogens is 1. The minimum absolute atomic E-state index is 0.215. The van der Waals surface area contributed by atoms with Gasteiger partial charge in [-0.3, -0.25) is 4.79 Å². The zero-order valence-electron chi connectivity index (χ0n) is 15.5. The topological polar surface area (TPSA) is 60.7 Å². The van der Waals surface area contributed by atoms with Gasteiger partial charge in [-0.15, -0.1) is 18.2 Å². The number of methoxy groups -OCH3 is 1. The van der Waals surface area contributed by atoms with E-state index >= 15 is 0 Å². The number of rotatable bonds is 5. The summed E-state index contributed by atoms with van der Waals surface area (Å²) in [6.07, 6.45) is 7.71. The Morgan fingerprint density at radius 2 is 2.00 bits per heavy atom. The molecular formula is C21H18N2O3S2. The van der Waals surface area contributed by atoms with E-state index in [9.17, 15) is 9.59 Å². The minimum Gasteiger partial charge on any atom is -0.465 e.